The van der Waals surface area contributed by atoms with Crippen molar-refractivity contribution in [2.75, 3.05) is 44.2 Å². The van der Waals surface area contributed by atoms with Gasteiger partial charge in [0, 0.05) is 50.7 Å². The molecule has 31 heavy (non-hydrogen) atoms. The fourth-order valence-corrected chi connectivity index (χ4v) is 3.91. The number of rotatable bonds is 8. The molecule has 0 aliphatic carbocycles. The summed E-state index contributed by atoms with van der Waals surface area (Å²) in [7, 11) is 0. The van der Waals surface area contributed by atoms with E-state index in [1.807, 2.05) is 18.2 Å². The molecule has 1 aliphatic rings. The number of primary amides is 1. The fraction of sp³-hybridized carbons (Fsp3) is 0.500. The Morgan fingerprint density at radius 3 is 2.71 bits per heavy atom. The molecule has 0 atom stereocenters. The molecule has 1 aliphatic heterocycles. The van der Waals surface area contributed by atoms with Crippen molar-refractivity contribution in [3.63, 3.8) is 0 Å². The molecule has 0 spiro atoms. The summed E-state index contributed by atoms with van der Waals surface area (Å²) in [5.74, 6) is 1.93. The van der Waals surface area contributed by atoms with Crippen molar-refractivity contribution in [3.05, 3.63) is 35.7 Å². The standard InChI is InChI=1S/C20H29N7O2S.HI/c1-3-18-24-20(30-25-18)27-10-8-26(9-11-27)19(22-4-2)23-13-15-6-5-7-16(12-15)29-14-17(21)28;/h5-7,12H,3-4,8-11,13-14H2,1-2H3,(H2,21,28)(H,22,23);1H. The number of aromatic nitrogens is 2. The van der Waals surface area contributed by atoms with Gasteiger partial charge in [0.15, 0.2) is 12.6 Å². The Labute approximate surface area is 204 Å². The first-order valence-corrected chi connectivity index (χ1v) is 11.0. The maximum Gasteiger partial charge on any atom is 0.255 e. The number of anilines is 1. The first kappa shape index (κ1) is 25.1. The predicted octanol–water partition coefficient (Wildman–Crippen LogP) is 1.87. The van der Waals surface area contributed by atoms with Crippen molar-refractivity contribution in [3.8, 4) is 5.75 Å². The molecule has 170 valence electrons. The summed E-state index contributed by atoms with van der Waals surface area (Å²) in [6, 6.07) is 7.56. The summed E-state index contributed by atoms with van der Waals surface area (Å²) in [4.78, 5) is 24.9. The van der Waals surface area contributed by atoms with Gasteiger partial charge in [0.1, 0.15) is 11.6 Å². The molecule has 1 saturated heterocycles. The van der Waals surface area contributed by atoms with E-state index in [0.29, 0.717) is 12.3 Å². The Morgan fingerprint density at radius 1 is 1.29 bits per heavy atom. The van der Waals surface area contributed by atoms with Crippen molar-refractivity contribution in [2.24, 2.45) is 10.7 Å². The number of piperazine rings is 1. The highest BCUT2D eigenvalue weighted by atomic mass is 127. The maximum atomic E-state index is 10.9. The van der Waals surface area contributed by atoms with Crippen molar-refractivity contribution in [1.82, 2.24) is 19.6 Å². The zero-order valence-corrected chi connectivity index (χ0v) is 21.1. The van der Waals surface area contributed by atoms with Gasteiger partial charge < -0.3 is 25.6 Å². The fourth-order valence-electron chi connectivity index (χ4n) is 3.11. The van der Waals surface area contributed by atoms with E-state index in [9.17, 15) is 4.79 Å². The summed E-state index contributed by atoms with van der Waals surface area (Å²) >= 11 is 1.47. The number of carbonyl (C=O) groups excluding carboxylic acids is 1. The van der Waals surface area contributed by atoms with Crippen molar-refractivity contribution >= 4 is 52.5 Å². The van der Waals surface area contributed by atoms with Gasteiger partial charge in [0.2, 0.25) is 5.13 Å². The minimum Gasteiger partial charge on any atom is -0.484 e. The quantitative estimate of drug-likeness (QED) is 0.289. The highest BCUT2D eigenvalue weighted by molar-refractivity contribution is 14.0. The number of carbonyl (C=O) groups is 1. The van der Waals surface area contributed by atoms with Gasteiger partial charge in [-0.1, -0.05) is 19.1 Å². The Bertz CT molecular complexity index is 869. The number of nitrogens with one attached hydrogen (secondary N) is 1. The summed E-state index contributed by atoms with van der Waals surface area (Å²) in [6.45, 7) is 8.85. The minimum absolute atomic E-state index is 0. The Hall–Kier alpha value is -2.15. The third-order valence-corrected chi connectivity index (χ3v) is 5.46. The molecule has 0 bridgehead atoms. The topological polar surface area (TPSA) is 109 Å². The van der Waals surface area contributed by atoms with Gasteiger partial charge in [-0.3, -0.25) is 4.79 Å². The lowest BCUT2D eigenvalue weighted by Crippen LogP contribution is -2.52. The molecule has 2 heterocycles. The van der Waals surface area contributed by atoms with Crippen LogP contribution in [0.3, 0.4) is 0 Å². The second-order valence-electron chi connectivity index (χ2n) is 6.89. The molecular weight excluding hydrogens is 529 g/mol. The number of hydrogen-bond donors (Lipinski definition) is 2. The molecule has 1 aromatic heterocycles. The minimum atomic E-state index is -0.494. The van der Waals surface area contributed by atoms with Crippen LogP contribution in [-0.4, -0.2) is 65.5 Å². The first-order valence-electron chi connectivity index (χ1n) is 10.2. The number of ether oxygens (including phenoxy) is 1. The largest absolute Gasteiger partial charge is 0.484 e. The van der Waals surface area contributed by atoms with Gasteiger partial charge in [-0.2, -0.15) is 4.37 Å². The van der Waals surface area contributed by atoms with E-state index in [2.05, 4.69) is 38.3 Å². The van der Waals surface area contributed by atoms with Crippen LogP contribution in [0.4, 0.5) is 5.13 Å². The van der Waals surface area contributed by atoms with Gasteiger partial charge in [-0.05, 0) is 24.6 Å². The number of amides is 1. The zero-order chi connectivity index (χ0) is 21.3. The normalized spacial score (nSPS) is 14.2. The van der Waals surface area contributed by atoms with E-state index in [1.54, 1.807) is 6.07 Å². The van der Waals surface area contributed by atoms with Gasteiger partial charge in [0.25, 0.3) is 5.91 Å². The molecule has 3 N–H and O–H groups in total. The highest BCUT2D eigenvalue weighted by Crippen LogP contribution is 2.19. The van der Waals surface area contributed by atoms with E-state index in [-0.39, 0.29) is 30.6 Å². The van der Waals surface area contributed by atoms with E-state index in [0.717, 1.165) is 61.6 Å². The van der Waals surface area contributed by atoms with Crippen LogP contribution in [0, 0.1) is 0 Å². The van der Waals surface area contributed by atoms with E-state index >= 15 is 0 Å². The molecule has 0 radical (unpaired) electrons. The van der Waals surface area contributed by atoms with Crippen LogP contribution in [0.25, 0.3) is 0 Å². The molecule has 1 aromatic carbocycles. The highest BCUT2D eigenvalue weighted by Gasteiger charge is 2.22. The molecule has 0 saturated carbocycles. The molecule has 1 amide bonds. The predicted molar refractivity (Wildman–Crippen MR) is 134 cm³/mol. The number of guanidine groups is 1. The number of benzene rings is 1. The van der Waals surface area contributed by atoms with Gasteiger partial charge in [0.05, 0.1) is 6.54 Å². The van der Waals surface area contributed by atoms with Crippen LogP contribution >= 0.6 is 35.5 Å². The molecular formula is C20H30IN7O2S. The average Bonchev–Trinajstić information content (AvgIpc) is 3.25. The van der Waals surface area contributed by atoms with E-state index in [4.69, 9.17) is 15.5 Å². The van der Waals surface area contributed by atoms with Crippen LogP contribution in [0.5, 0.6) is 5.75 Å². The Morgan fingerprint density at radius 2 is 2.06 bits per heavy atom. The summed E-state index contributed by atoms with van der Waals surface area (Å²) in [5.41, 5.74) is 6.14. The van der Waals surface area contributed by atoms with Crippen molar-refractivity contribution in [2.45, 2.75) is 26.8 Å². The van der Waals surface area contributed by atoms with Crippen molar-refractivity contribution in [1.29, 1.82) is 0 Å². The molecule has 3 rings (SSSR count). The third-order valence-electron chi connectivity index (χ3n) is 4.65. The zero-order valence-electron chi connectivity index (χ0n) is 17.9. The number of hydrogen-bond acceptors (Lipinski definition) is 7. The van der Waals surface area contributed by atoms with Crippen LogP contribution < -0.4 is 20.7 Å². The lowest BCUT2D eigenvalue weighted by atomic mass is 10.2. The summed E-state index contributed by atoms with van der Waals surface area (Å²) in [5, 5.41) is 4.39. The summed E-state index contributed by atoms with van der Waals surface area (Å²) < 4.78 is 9.77. The lowest BCUT2D eigenvalue weighted by Gasteiger charge is -2.36. The first-order chi connectivity index (χ1) is 14.6. The molecule has 11 heteroatoms. The molecule has 9 nitrogen and oxygen atoms in total. The second kappa shape index (κ2) is 12.6. The average molecular weight is 559 g/mol. The van der Waals surface area contributed by atoms with Crippen LogP contribution in [0.2, 0.25) is 0 Å². The molecule has 2 aromatic rings. The third kappa shape index (κ3) is 7.49. The smallest absolute Gasteiger partial charge is 0.255 e. The van der Waals surface area contributed by atoms with Gasteiger partial charge in [-0.25, -0.2) is 9.98 Å². The lowest BCUT2D eigenvalue weighted by molar-refractivity contribution is -0.119. The monoisotopic (exact) mass is 559 g/mol. The Kier molecular flexibility index (Phi) is 10.2. The SMILES string of the molecule is CCNC(=NCc1cccc(OCC(N)=O)c1)N1CCN(c2nc(CC)ns2)CC1.I. The number of aliphatic imine (C=N–C) groups is 1. The van der Waals surface area contributed by atoms with Crippen molar-refractivity contribution < 1.29 is 9.53 Å². The number of nitrogens with two attached hydrogens (primary N) is 1. The number of nitrogens with zero attached hydrogens (tertiary/aromatic N) is 5. The molecule has 1 fully saturated rings. The van der Waals surface area contributed by atoms with Crippen LogP contribution in [-0.2, 0) is 17.8 Å². The van der Waals surface area contributed by atoms with Crippen LogP contribution in [0.15, 0.2) is 29.3 Å². The Balaban J connectivity index is 0.00000341. The van der Waals surface area contributed by atoms with E-state index < -0.39 is 5.91 Å². The van der Waals surface area contributed by atoms with E-state index in [1.165, 1.54) is 11.5 Å². The van der Waals surface area contributed by atoms with Crippen LogP contribution in [0.1, 0.15) is 25.2 Å². The van der Waals surface area contributed by atoms with Gasteiger partial charge in [-0.15, -0.1) is 24.0 Å². The number of halogens is 1. The number of aryl methyl sites for hydroxylation is 1. The summed E-state index contributed by atoms with van der Waals surface area (Å²) in [6.07, 6.45) is 0.864. The molecule has 0 unspecified atom stereocenters. The maximum absolute atomic E-state index is 10.9. The second-order valence-corrected chi connectivity index (χ2v) is 7.62. The van der Waals surface area contributed by atoms with Gasteiger partial charge >= 0.3 is 0 Å².